The lowest BCUT2D eigenvalue weighted by Gasteiger charge is -2.16. The van der Waals surface area contributed by atoms with E-state index in [0.717, 1.165) is 11.1 Å². The van der Waals surface area contributed by atoms with Crippen LogP contribution in [-0.2, 0) is 17.9 Å². The molecule has 4 rings (SSSR count). The average Bonchev–Trinajstić information content (AvgIpc) is 3.09. The first-order chi connectivity index (χ1) is 12.7. The third kappa shape index (κ3) is 2.76. The Hall–Kier alpha value is -3.72. The number of fused-ring (bicyclic) bond motifs is 2. The van der Waals surface area contributed by atoms with Gasteiger partial charge in [0.2, 0.25) is 5.95 Å². The summed E-state index contributed by atoms with van der Waals surface area (Å²) in [6.45, 7) is 1.07. The number of aldehydes is 1. The Morgan fingerprint density at radius 3 is 2.54 bits per heavy atom. The molecule has 2 N–H and O–H groups in total. The van der Waals surface area contributed by atoms with E-state index in [-0.39, 0.29) is 17.5 Å². The first-order valence-electron chi connectivity index (χ1n) is 8.04. The Labute approximate surface area is 149 Å². The normalized spacial score (nSPS) is 12.4. The van der Waals surface area contributed by atoms with Gasteiger partial charge in [-0.05, 0) is 35.2 Å². The van der Waals surface area contributed by atoms with Crippen LogP contribution in [0.2, 0.25) is 0 Å². The number of hydrogen-bond acceptors (Lipinski definition) is 5. The summed E-state index contributed by atoms with van der Waals surface area (Å²) in [7, 11) is 0. The molecule has 0 atom stereocenters. The Morgan fingerprint density at radius 1 is 1.12 bits per heavy atom. The minimum Gasteiger partial charge on any atom is -0.368 e. The molecular formula is C20H14N4O2. The van der Waals surface area contributed by atoms with Crippen LogP contribution in [0.3, 0.4) is 0 Å². The smallest absolute Gasteiger partial charge is 0.273 e. The monoisotopic (exact) mass is 342 g/mol. The topological polar surface area (TPSA) is 89.2 Å². The van der Waals surface area contributed by atoms with E-state index in [1.165, 1.54) is 0 Å². The molecule has 6 heteroatoms. The minimum absolute atomic E-state index is 0.0456. The number of benzene rings is 2. The highest BCUT2D eigenvalue weighted by molar-refractivity contribution is 6.05. The van der Waals surface area contributed by atoms with Gasteiger partial charge >= 0.3 is 0 Å². The zero-order valence-electron chi connectivity index (χ0n) is 13.8. The van der Waals surface area contributed by atoms with Crippen molar-refractivity contribution >= 4 is 29.0 Å². The van der Waals surface area contributed by atoms with E-state index < -0.39 is 0 Å². The van der Waals surface area contributed by atoms with Crippen LogP contribution in [0.25, 0.3) is 10.9 Å². The van der Waals surface area contributed by atoms with Gasteiger partial charge in [0.15, 0.2) is 6.29 Å². The molecule has 0 spiro atoms. The van der Waals surface area contributed by atoms with Crippen LogP contribution in [-0.4, -0.2) is 27.1 Å². The summed E-state index contributed by atoms with van der Waals surface area (Å²) in [5.74, 6) is 4.92. The molecule has 1 aliphatic rings. The number of carbonyl (C=O) groups is 2. The number of amides is 1. The molecular weight excluding hydrogens is 328 g/mol. The second-order valence-electron chi connectivity index (χ2n) is 5.98. The van der Waals surface area contributed by atoms with E-state index in [1.807, 2.05) is 24.3 Å². The molecule has 0 aliphatic carbocycles. The van der Waals surface area contributed by atoms with E-state index in [4.69, 9.17) is 5.73 Å². The van der Waals surface area contributed by atoms with Crippen LogP contribution in [0, 0.1) is 11.8 Å². The number of nitrogens with zero attached hydrogens (tertiary/aromatic N) is 3. The fourth-order valence-electron chi connectivity index (χ4n) is 3.13. The summed E-state index contributed by atoms with van der Waals surface area (Å²) in [6, 6.07) is 13.1. The molecule has 6 nitrogen and oxygen atoms in total. The highest BCUT2D eigenvalue weighted by Gasteiger charge is 2.26. The molecule has 0 saturated heterocycles. The van der Waals surface area contributed by atoms with Crippen molar-refractivity contribution in [2.24, 2.45) is 0 Å². The van der Waals surface area contributed by atoms with Crippen LogP contribution < -0.4 is 5.73 Å². The zero-order valence-corrected chi connectivity index (χ0v) is 13.8. The van der Waals surface area contributed by atoms with E-state index >= 15 is 0 Å². The van der Waals surface area contributed by atoms with Crippen LogP contribution in [0.15, 0.2) is 42.5 Å². The average molecular weight is 342 g/mol. The second kappa shape index (κ2) is 6.30. The maximum Gasteiger partial charge on any atom is 0.273 e. The Bertz CT molecular complexity index is 1090. The fourth-order valence-corrected chi connectivity index (χ4v) is 3.13. The molecule has 0 fully saturated rings. The molecule has 3 aromatic rings. The molecule has 0 radical (unpaired) electrons. The van der Waals surface area contributed by atoms with Gasteiger partial charge in [-0.1, -0.05) is 30.2 Å². The van der Waals surface area contributed by atoms with Crippen molar-refractivity contribution in [3.05, 3.63) is 64.8 Å². The predicted octanol–water partition coefficient (Wildman–Crippen LogP) is 1.92. The Balaban J connectivity index is 1.77. The third-order valence-corrected chi connectivity index (χ3v) is 4.32. The third-order valence-electron chi connectivity index (χ3n) is 4.32. The lowest BCUT2D eigenvalue weighted by atomic mass is 10.1. The SMILES string of the molecule is Nc1nc(C(=O)N2Cc3ccccc3C2)c2cc(C#CC=O)ccc2n1. The highest BCUT2D eigenvalue weighted by atomic mass is 16.2. The van der Waals surface area contributed by atoms with E-state index in [9.17, 15) is 9.59 Å². The van der Waals surface area contributed by atoms with Gasteiger partial charge in [0.1, 0.15) is 5.69 Å². The highest BCUT2D eigenvalue weighted by Crippen LogP contribution is 2.26. The Kier molecular flexibility index (Phi) is 3.82. The first kappa shape index (κ1) is 15.8. The minimum atomic E-state index is -0.208. The number of anilines is 1. The predicted molar refractivity (Wildman–Crippen MR) is 96.9 cm³/mol. The lowest BCUT2D eigenvalue weighted by molar-refractivity contribution is -0.103. The van der Waals surface area contributed by atoms with Gasteiger partial charge in [-0.2, -0.15) is 0 Å². The van der Waals surface area contributed by atoms with Gasteiger partial charge in [-0.3, -0.25) is 9.59 Å². The number of aromatic nitrogens is 2. The molecule has 1 aromatic heterocycles. The van der Waals surface area contributed by atoms with Gasteiger partial charge in [-0.25, -0.2) is 9.97 Å². The molecule has 2 aromatic carbocycles. The van der Waals surface area contributed by atoms with Crippen molar-refractivity contribution in [2.45, 2.75) is 13.1 Å². The van der Waals surface area contributed by atoms with Crippen molar-refractivity contribution in [2.75, 3.05) is 5.73 Å². The molecule has 26 heavy (non-hydrogen) atoms. The summed E-state index contributed by atoms with van der Waals surface area (Å²) < 4.78 is 0. The molecule has 0 unspecified atom stereocenters. The van der Waals surface area contributed by atoms with E-state index in [2.05, 4.69) is 21.8 Å². The maximum absolute atomic E-state index is 13.1. The number of hydrogen-bond donors (Lipinski definition) is 1. The van der Waals surface area contributed by atoms with Crippen molar-refractivity contribution < 1.29 is 9.59 Å². The van der Waals surface area contributed by atoms with Crippen LogP contribution >= 0.6 is 0 Å². The standard InChI is InChI=1S/C20H14N4O2/c21-20-22-17-8-7-13(4-3-9-25)10-16(17)18(23-20)19(26)24-11-14-5-1-2-6-15(14)12-24/h1-2,5-10H,11-12H2,(H2,21,22,23). The number of nitrogens with two attached hydrogens (primary N) is 1. The van der Waals surface area contributed by atoms with Crippen LogP contribution in [0.1, 0.15) is 27.2 Å². The number of carbonyl (C=O) groups excluding carboxylic acids is 2. The fraction of sp³-hybridized carbons (Fsp3) is 0.100. The van der Waals surface area contributed by atoms with Crippen molar-refractivity contribution in [1.82, 2.24) is 14.9 Å². The molecule has 1 aliphatic heterocycles. The van der Waals surface area contributed by atoms with Gasteiger partial charge in [0.05, 0.1) is 5.52 Å². The summed E-state index contributed by atoms with van der Waals surface area (Å²) >= 11 is 0. The summed E-state index contributed by atoms with van der Waals surface area (Å²) in [5, 5.41) is 0.567. The summed E-state index contributed by atoms with van der Waals surface area (Å²) in [6.07, 6.45) is 0.525. The molecule has 126 valence electrons. The van der Waals surface area contributed by atoms with Gasteiger partial charge in [-0.15, -0.1) is 0 Å². The van der Waals surface area contributed by atoms with E-state index in [1.54, 1.807) is 23.1 Å². The van der Waals surface area contributed by atoms with Gasteiger partial charge < -0.3 is 10.6 Å². The number of nitrogen functional groups attached to an aromatic ring is 1. The van der Waals surface area contributed by atoms with Crippen LogP contribution in [0.4, 0.5) is 5.95 Å². The van der Waals surface area contributed by atoms with E-state index in [0.29, 0.717) is 35.8 Å². The summed E-state index contributed by atoms with van der Waals surface area (Å²) in [5.41, 5.74) is 9.47. The zero-order chi connectivity index (χ0) is 18.1. The Morgan fingerprint density at radius 2 is 1.85 bits per heavy atom. The second-order valence-corrected chi connectivity index (χ2v) is 5.98. The van der Waals surface area contributed by atoms with Crippen molar-refractivity contribution in [3.8, 4) is 11.8 Å². The summed E-state index contributed by atoms with van der Waals surface area (Å²) in [4.78, 5) is 33.7. The maximum atomic E-state index is 13.1. The molecule has 0 saturated carbocycles. The lowest BCUT2D eigenvalue weighted by Crippen LogP contribution is -2.27. The first-order valence-corrected chi connectivity index (χ1v) is 8.04. The molecule has 1 amide bonds. The molecule has 2 heterocycles. The van der Waals surface area contributed by atoms with Gasteiger partial charge in [0, 0.05) is 24.0 Å². The van der Waals surface area contributed by atoms with Crippen LogP contribution in [0.5, 0.6) is 0 Å². The largest absolute Gasteiger partial charge is 0.368 e. The molecule has 0 bridgehead atoms. The quantitative estimate of drug-likeness (QED) is 0.539. The number of rotatable bonds is 1. The van der Waals surface area contributed by atoms with Crippen molar-refractivity contribution in [3.63, 3.8) is 0 Å². The van der Waals surface area contributed by atoms with Crippen molar-refractivity contribution in [1.29, 1.82) is 0 Å². The van der Waals surface area contributed by atoms with Gasteiger partial charge in [0.25, 0.3) is 5.91 Å².